The zero-order valence-corrected chi connectivity index (χ0v) is 11.1. The lowest BCUT2D eigenvalue weighted by molar-refractivity contribution is -0.137. The van der Waals surface area contributed by atoms with Gasteiger partial charge in [-0.05, 0) is 25.0 Å². The molecule has 0 unspecified atom stereocenters. The minimum absolute atomic E-state index is 0.0668. The van der Waals surface area contributed by atoms with E-state index in [-0.39, 0.29) is 24.3 Å². The molecule has 0 fully saturated rings. The monoisotopic (exact) mass is 268 g/mol. The van der Waals surface area contributed by atoms with E-state index in [2.05, 4.69) is 0 Å². The largest absolute Gasteiger partial charge is 0.422 e. The van der Waals surface area contributed by atoms with Gasteiger partial charge in [0.25, 0.3) is 0 Å². The Morgan fingerprint density at radius 3 is 2.21 bits per heavy atom. The van der Waals surface area contributed by atoms with Gasteiger partial charge in [-0.1, -0.05) is 19.9 Å². The smallest absolute Gasteiger partial charge is 0.311 e. The normalized spacial score (nSPS) is 10.1. The molecule has 104 valence electrons. The molecule has 4 nitrogen and oxygen atoms in total. The van der Waals surface area contributed by atoms with Crippen molar-refractivity contribution in [3.8, 4) is 11.5 Å². The SMILES string of the molecule is CCCC(=O)Oc1cccc(F)c1OC(=O)CCC. The Labute approximate surface area is 111 Å². The van der Waals surface area contributed by atoms with Crippen LogP contribution < -0.4 is 9.47 Å². The molecule has 0 amide bonds. The topological polar surface area (TPSA) is 52.6 Å². The molecule has 0 radical (unpaired) electrons. The van der Waals surface area contributed by atoms with Gasteiger partial charge in [0, 0.05) is 12.8 Å². The van der Waals surface area contributed by atoms with Crippen molar-refractivity contribution < 1.29 is 23.5 Å². The van der Waals surface area contributed by atoms with E-state index in [1.165, 1.54) is 12.1 Å². The number of hydrogen-bond donors (Lipinski definition) is 0. The summed E-state index contributed by atoms with van der Waals surface area (Å²) in [6.45, 7) is 3.64. The quantitative estimate of drug-likeness (QED) is 0.587. The van der Waals surface area contributed by atoms with E-state index in [1.54, 1.807) is 0 Å². The maximum absolute atomic E-state index is 13.6. The van der Waals surface area contributed by atoms with Gasteiger partial charge < -0.3 is 9.47 Å². The highest BCUT2D eigenvalue weighted by Crippen LogP contribution is 2.30. The highest BCUT2D eigenvalue weighted by atomic mass is 19.1. The Morgan fingerprint density at radius 2 is 1.63 bits per heavy atom. The number of para-hydroxylation sites is 1. The number of rotatable bonds is 6. The van der Waals surface area contributed by atoms with Crippen LogP contribution >= 0.6 is 0 Å². The summed E-state index contributed by atoms with van der Waals surface area (Å²) in [5.74, 6) is -2.17. The lowest BCUT2D eigenvalue weighted by Crippen LogP contribution is -2.12. The average Bonchev–Trinajstić information content (AvgIpc) is 2.34. The number of carbonyl (C=O) groups is 2. The van der Waals surface area contributed by atoms with Gasteiger partial charge >= 0.3 is 11.9 Å². The van der Waals surface area contributed by atoms with Crippen LogP contribution in [0.25, 0.3) is 0 Å². The third kappa shape index (κ3) is 4.69. The highest BCUT2D eigenvalue weighted by molar-refractivity contribution is 5.76. The first-order chi connectivity index (χ1) is 9.08. The first-order valence-corrected chi connectivity index (χ1v) is 6.28. The van der Waals surface area contributed by atoms with E-state index in [9.17, 15) is 14.0 Å². The Kier molecular flexibility index (Phi) is 5.99. The summed E-state index contributed by atoms with van der Waals surface area (Å²) >= 11 is 0. The molecule has 1 rings (SSSR count). The fourth-order valence-electron chi connectivity index (χ4n) is 1.42. The number of halogens is 1. The summed E-state index contributed by atoms with van der Waals surface area (Å²) in [4.78, 5) is 22.8. The molecule has 0 heterocycles. The predicted molar refractivity (Wildman–Crippen MR) is 67.5 cm³/mol. The van der Waals surface area contributed by atoms with Gasteiger partial charge in [-0.2, -0.15) is 0 Å². The average molecular weight is 268 g/mol. The van der Waals surface area contributed by atoms with Crippen LogP contribution in [0.1, 0.15) is 39.5 Å². The van der Waals surface area contributed by atoms with E-state index >= 15 is 0 Å². The molecule has 0 aliphatic carbocycles. The van der Waals surface area contributed by atoms with E-state index in [4.69, 9.17) is 9.47 Å². The lowest BCUT2D eigenvalue weighted by Gasteiger charge is -2.10. The fraction of sp³-hybridized carbons (Fsp3) is 0.429. The van der Waals surface area contributed by atoms with Gasteiger partial charge in [0.2, 0.25) is 5.75 Å². The third-order valence-electron chi connectivity index (χ3n) is 2.28. The van der Waals surface area contributed by atoms with E-state index < -0.39 is 17.8 Å². The first kappa shape index (κ1) is 15.1. The summed E-state index contributed by atoms with van der Waals surface area (Å²) in [5, 5.41) is 0. The zero-order chi connectivity index (χ0) is 14.3. The van der Waals surface area contributed by atoms with Gasteiger partial charge in [-0.15, -0.1) is 0 Å². The second-order valence-electron chi connectivity index (χ2n) is 4.02. The molecule has 0 aliphatic heterocycles. The number of benzene rings is 1. The van der Waals surface area contributed by atoms with Gasteiger partial charge in [0.15, 0.2) is 11.6 Å². The number of ether oxygens (including phenoxy) is 2. The second-order valence-corrected chi connectivity index (χ2v) is 4.02. The van der Waals surface area contributed by atoms with Gasteiger partial charge in [0.05, 0.1) is 0 Å². The van der Waals surface area contributed by atoms with Crippen LogP contribution in [0.3, 0.4) is 0 Å². The molecule has 1 aromatic carbocycles. The zero-order valence-electron chi connectivity index (χ0n) is 11.1. The van der Waals surface area contributed by atoms with Crippen LogP contribution in [0.5, 0.6) is 11.5 Å². The van der Waals surface area contributed by atoms with Crippen molar-refractivity contribution in [2.75, 3.05) is 0 Å². The molecule has 0 saturated carbocycles. The van der Waals surface area contributed by atoms with Crippen LogP contribution in [0, 0.1) is 5.82 Å². The standard InChI is InChI=1S/C14H17FO4/c1-3-6-12(16)18-11-9-5-8-10(15)14(11)19-13(17)7-4-2/h5,8-9H,3-4,6-7H2,1-2H3. The van der Waals surface area contributed by atoms with E-state index in [1.807, 2.05) is 13.8 Å². The maximum Gasteiger partial charge on any atom is 0.311 e. The minimum atomic E-state index is -0.730. The molecular formula is C14H17FO4. The Bertz CT molecular complexity index is 457. The lowest BCUT2D eigenvalue weighted by atomic mass is 10.3. The van der Waals surface area contributed by atoms with Crippen LogP contribution in [0.15, 0.2) is 18.2 Å². The number of carbonyl (C=O) groups excluding carboxylic acids is 2. The predicted octanol–water partition coefficient (Wildman–Crippen LogP) is 3.24. The molecular weight excluding hydrogens is 251 g/mol. The molecule has 0 atom stereocenters. The molecule has 19 heavy (non-hydrogen) atoms. The Balaban J connectivity index is 2.88. The summed E-state index contributed by atoms with van der Waals surface area (Å²) < 4.78 is 23.5. The highest BCUT2D eigenvalue weighted by Gasteiger charge is 2.17. The van der Waals surface area contributed by atoms with Crippen molar-refractivity contribution >= 4 is 11.9 Å². The van der Waals surface area contributed by atoms with Crippen molar-refractivity contribution in [3.63, 3.8) is 0 Å². The second kappa shape index (κ2) is 7.51. The minimum Gasteiger partial charge on any atom is -0.422 e. The van der Waals surface area contributed by atoms with Gasteiger partial charge in [0.1, 0.15) is 0 Å². The van der Waals surface area contributed by atoms with Gasteiger partial charge in [-0.25, -0.2) is 4.39 Å². The molecule has 0 N–H and O–H groups in total. The third-order valence-corrected chi connectivity index (χ3v) is 2.28. The van der Waals surface area contributed by atoms with Crippen molar-refractivity contribution in [2.24, 2.45) is 0 Å². The number of esters is 2. The molecule has 0 bridgehead atoms. The van der Waals surface area contributed by atoms with Crippen molar-refractivity contribution in [3.05, 3.63) is 24.0 Å². The summed E-state index contributed by atoms with van der Waals surface area (Å²) in [6.07, 6.45) is 1.62. The molecule has 0 aliphatic rings. The summed E-state index contributed by atoms with van der Waals surface area (Å²) in [5.41, 5.74) is 0. The van der Waals surface area contributed by atoms with E-state index in [0.717, 1.165) is 6.07 Å². The molecule has 0 saturated heterocycles. The Hall–Kier alpha value is -1.91. The van der Waals surface area contributed by atoms with Gasteiger partial charge in [-0.3, -0.25) is 9.59 Å². The number of hydrogen-bond acceptors (Lipinski definition) is 4. The van der Waals surface area contributed by atoms with Crippen LogP contribution in [0.4, 0.5) is 4.39 Å². The maximum atomic E-state index is 13.6. The molecule has 0 spiro atoms. The van der Waals surface area contributed by atoms with Crippen LogP contribution in [0.2, 0.25) is 0 Å². The fourth-order valence-corrected chi connectivity index (χ4v) is 1.42. The summed E-state index contributed by atoms with van der Waals surface area (Å²) in [6, 6.07) is 3.93. The Morgan fingerprint density at radius 1 is 1.05 bits per heavy atom. The summed E-state index contributed by atoms with van der Waals surface area (Å²) in [7, 11) is 0. The van der Waals surface area contributed by atoms with Crippen LogP contribution in [-0.4, -0.2) is 11.9 Å². The molecule has 1 aromatic rings. The van der Waals surface area contributed by atoms with Crippen molar-refractivity contribution in [1.29, 1.82) is 0 Å². The molecule has 5 heteroatoms. The first-order valence-electron chi connectivity index (χ1n) is 6.28. The van der Waals surface area contributed by atoms with Crippen LogP contribution in [-0.2, 0) is 9.59 Å². The molecule has 0 aromatic heterocycles. The van der Waals surface area contributed by atoms with Crippen molar-refractivity contribution in [1.82, 2.24) is 0 Å². The van der Waals surface area contributed by atoms with E-state index in [0.29, 0.717) is 12.8 Å². The van der Waals surface area contributed by atoms with Crippen molar-refractivity contribution in [2.45, 2.75) is 39.5 Å².